The van der Waals surface area contributed by atoms with E-state index in [9.17, 15) is 18.4 Å². The van der Waals surface area contributed by atoms with Gasteiger partial charge in [-0.05, 0) is 50.7 Å². The second kappa shape index (κ2) is 8.47. The fraction of sp³-hybridized carbons (Fsp3) is 0.577. The number of nitrogens with zero attached hydrogens (tertiary/aromatic N) is 4. The SMILES string of the molecule is CC(=O)N1[C@H]2CCC[C@H]3N(C(=O)Cn4nc(C)cc4C(F)F)[C@@H](Cc4ccccc4)[C@@H]1C[C@@]23C. The summed E-state index contributed by atoms with van der Waals surface area (Å²) in [6.45, 7) is 5.27. The summed E-state index contributed by atoms with van der Waals surface area (Å²) >= 11 is 0. The number of aryl methyl sites for hydroxylation is 1. The molecule has 1 aromatic heterocycles. The maximum atomic E-state index is 13.9. The molecular formula is C26H32F2N4O2. The van der Waals surface area contributed by atoms with Crippen LogP contribution in [-0.4, -0.2) is 55.6 Å². The highest BCUT2D eigenvalue weighted by Gasteiger charge is 2.64. The predicted molar refractivity (Wildman–Crippen MR) is 123 cm³/mol. The Morgan fingerprint density at radius 1 is 1.15 bits per heavy atom. The molecule has 1 aliphatic carbocycles. The summed E-state index contributed by atoms with van der Waals surface area (Å²) in [6.07, 6.45) is 1.54. The fourth-order valence-corrected chi connectivity index (χ4v) is 7.07. The minimum absolute atomic E-state index is 0.0280. The van der Waals surface area contributed by atoms with Gasteiger partial charge in [0.25, 0.3) is 6.43 Å². The largest absolute Gasteiger partial charge is 0.334 e. The van der Waals surface area contributed by atoms with Crippen molar-refractivity contribution >= 4 is 11.8 Å². The molecule has 0 radical (unpaired) electrons. The van der Waals surface area contributed by atoms with Crippen LogP contribution >= 0.6 is 0 Å². The molecule has 0 N–H and O–H groups in total. The standard InChI is InChI=1S/C26H32F2N4O2/c1-16-12-20(25(27)28)30(29-16)15-24(34)32-19(13-18-8-5-4-6-9-18)21-14-26(3)22(31(21)17(2)33)10-7-11-23(26)32/h4-6,8-9,12,19,21-23,25H,7,10-11,13-15H2,1-3H3/t19-,21-,22-,23+,26-/m0/s1. The van der Waals surface area contributed by atoms with E-state index >= 15 is 0 Å². The third-order valence-electron chi connectivity index (χ3n) is 8.34. The molecule has 3 aliphatic rings. The highest BCUT2D eigenvalue weighted by Crippen LogP contribution is 2.56. The summed E-state index contributed by atoms with van der Waals surface area (Å²) in [7, 11) is 0. The van der Waals surface area contributed by atoms with Crippen LogP contribution < -0.4 is 0 Å². The van der Waals surface area contributed by atoms with Gasteiger partial charge in [0.05, 0.1) is 17.8 Å². The maximum absolute atomic E-state index is 13.9. The smallest absolute Gasteiger partial charge is 0.280 e. The van der Waals surface area contributed by atoms with Crippen LogP contribution in [0.15, 0.2) is 36.4 Å². The van der Waals surface area contributed by atoms with E-state index in [4.69, 9.17) is 0 Å². The second-order valence-corrected chi connectivity index (χ2v) is 10.4. The molecule has 3 heterocycles. The molecule has 0 unspecified atom stereocenters. The molecular weight excluding hydrogens is 438 g/mol. The van der Waals surface area contributed by atoms with E-state index < -0.39 is 6.43 Å². The van der Waals surface area contributed by atoms with E-state index in [1.54, 1.807) is 13.8 Å². The summed E-state index contributed by atoms with van der Waals surface area (Å²) in [5.74, 6) is -0.146. The summed E-state index contributed by atoms with van der Waals surface area (Å²) < 4.78 is 28.4. The number of halogens is 2. The van der Waals surface area contributed by atoms with E-state index in [-0.39, 0.29) is 53.6 Å². The highest BCUT2D eigenvalue weighted by molar-refractivity contribution is 5.79. The Morgan fingerprint density at radius 2 is 1.82 bits per heavy atom. The van der Waals surface area contributed by atoms with Gasteiger partial charge in [-0.1, -0.05) is 37.3 Å². The third-order valence-corrected chi connectivity index (χ3v) is 8.34. The van der Waals surface area contributed by atoms with Crippen LogP contribution in [0.5, 0.6) is 0 Å². The van der Waals surface area contributed by atoms with Crippen molar-refractivity contribution in [2.24, 2.45) is 5.41 Å². The number of amides is 2. The minimum Gasteiger partial charge on any atom is -0.334 e. The number of aromatic nitrogens is 2. The molecule has 1 saturated carbocycles. The lowest BCUT2D eigenvalue weighted by molar-refractivity contribution is -0.146. The van der Waals surface area contributed by atoms with Gasteiger partial charge in [0.15, 0.2) is 0 Å². The van der Waals surface area contributed by atoms with E-state index in [2.05, 4.69) is 12.0 Å². The molecule has 34 heavy (non-hydrogen) atoms. The molecule has 182 valence electrons. The zero-order valence-corrected chi connectivity index (χ0v) is 20.0. The lowest BCUT2D eigenvalue weighted by atomic mass is 9.64. The summed E-state index contributed by atoms with van der Waals surface area (Å²) in [6, 6.07) is 11.1. The number of likely N-dealkylation sites (tertiary alicyclic amines) is 2. The van der Waals surface area contributed by atoms with E-state index in [1.807, 2.05) is 40.1 Å². The van der Waals surface area contributed by atoms with Gasteiger partial charge >= 0.3 is 0 Å². The number of benzene rings is 1. The normalized spacial score (nSPS) is 30.2. The molecule has 1 aromatic carbocycles. The number of carbonyl (C=O) groups excluding carboxylic acids is 2. The van der Waals surface area contributed by atoms with Crippen LogP contribution in [0.25, 0.3) is 0 Å². The van der Waals surface area contributed by atoms with Crippen molar-refractivity contribution in [2.75, 3.05) is 0 Å². The van der Waals surface area contributed by atoms with Gasteiger partial charge in [0.1, 0.15) is 12.2 Å². The highest BCUT2D eigenvalue weighted by atomic mass is 19.3. The van der Waals surface area contributed by atoms with Crippen LogP contribution in [0, 0.1) is 12.3 Å². The van der Waals surface area contributed by atoms with Crippen molar-refractivity contribution < 1.29 is 18.4 Å². The van der Waals surface area contributed by atoms with Crippen molar-refractivity contribution in [2.45, 2.75) is 90.0 Å². The Kier molecular flexibility index (Phi) is 5.73. The molecule has 2 bridgehead atoms. The Hall–Kier alpha value is -2.77. The van der Waals surface area contributed by atoms with Crippen LogP contribution in [0.4, 0.5) is 8.78 Å². The maximum Gasteiger partial charge on any atom is 0.280 e. The van der Waals surface area contributed by atoms with Crippen LogP contribution in [0.1, 0.15) is 62.9 Å². The number of rotatable bonds is 5. The van der Waals surface area contributed by atoms with Crippen LogP contribution in [0.2, 0.25) is 0 Å². The average molecular weight is 471 g/mol. The molecule has 0 spiro atoms. The van der Waals surface area contributed by atoms with Crippen molar-refractivity contribution in [3.63, 3.8) is 0 Å². The first-order valence-electron chi connectivity index (χ1n) is 12.2. The van der Waals surface area contributed by atoms with Crippen molar-refractivity contribution in [1.29, 1.82) is 0 Å². The molecule has 5 rings (SSSR count). The first-order valence-corrected chi connectivity index (χ1v) is 12.2. The van der Waals surface area contributed by atoms with Gasteiger partial charge < -0.3 is 9.80 Å². The number of piperidine rings is 1. The summed E-state index contributed by atoms with van der Waals surface area (Å²) in [5.41, 5.74) is 1.14. The summed E-state index contributed by atoms with van der Waals surface area (Å²) in [4.78, 5) is 30.7. The number of carbonyl (C=O) groups is 2. The van der Waals surface area contributed by atoms with Gasteiger partial charge in [-0.3, -0.25) is 14.3 Å². The number of fused-ring (bicyclic) bond motifs is 1. The number of alkyl halides is 2. The van der Waals surface area contributed by atoms with E-state index in [0.29, 0.717) is 12.1 Å². The summed E-state index contributed by atoms with van der Waals surface area (Å²) in [5, 5.41) is 4.19. The fourth-order valence-electron chi connectivity index (χ4n) is 7.07. The Morgan fingerprint density at radius 3 is 2.47 bits per heavy atom. The van der Waals surface area contributed by atoms with E-state index in [0.717, 1.165) is 35.9 Å². The van der Waals surface area contributed by atoms with Gasteiger partial charge in [-0.15, -0.1) is 0 Å². The average Bonchev–Trinajstić information content (AvgIpc) is 3.30. The first kappa shape index (κ1) is 23.0. The monoisotopic (exact) mass is 470 g/mol. The molecule has 5 atom stereocenters. The molecule has 2 aliphatic heterocycles. The van der Waals surface area contributed by atoms with E-state index in [1.165, 1.54) is 6.07 Å². The molecule has 8 heteroatoms. The molecule has 2 amide bonds. The quantitative estimate of drug-likeness (QED) is 0.660. The van der Waals surface area contributed by atoms with Crippen molar-refractivity contribution in [3.05, 3.63) is 53.3 Å². The predicted octanol–water partition coefficient (Wildman–Crippen LogP) is 4.13. The molecule has 6 nitrogen and oxygen atoms in total. The van der Waals surface area contributed by atoms with Gasteiger partial charge in [-0.25, -0.2) is 8.78 Å². The van der Waals surface area contributed by atoms with Crippen LogP contribution in [-0.2, 0) is 22.6 Å². The Balaban J connectivity index is 1.55. The third kappa shape index (κ3) is 3.62. The number of hydrogen-bond acceptors (Lipinski definition) is 3. The van der Waals surface area contributed by atoms with Crippen molar-refractivity contribution in [1.82, 2.24) is 19.6 Å². The lowest BCUT2D eigenvalue weighted by Crippen LogP contribution is -2.63. The zero-order chi connectivity index (χ0) is 24.2. The first-order chi connectivity index (χ1) is 16.2. The molecule has 2 aromatic rings. The second-order valence-electron chi connectivity index (χ2n) is 10.4. The molecule has 3 fully saturated rings. The Bertz CT molecular complexity index is 1090. The minimum atomic E-state index is -2.70. The van der Waals surface area contributed by atoms with Gasteiger partial charge in [0, 0.05) is 24.4 Å². The number of hydrogen-bond donors (Lipinski definition) is 0. The Labute approximate surface area is 198 Å². The van der Waals surface area contributed by atoms with Gasteiger partial charge in [0.2, 0.25) is 11.8 Å². The zero-order valence-electron chi connectivity index (χ0n) is 20.0. The van der Waals surface area contributed by atoms with Crippen molar-refractivity contribution in [3.8, 4) is 0 Å². The van der Waals surface area contributed by atoms with Gasteiger partial charge in [-0.2, -0.15) is 5.10 Å². The lowest BCUT2D eigenvalue weighted by Gasteiger charge is -2.53. The van der Waals surface area contributed by atoms with Crippen LogP contribution in [0.3, 0.4) is 0 Å². The topological polar surface area (TPSA) is 58.4 Å². The molecule has 2 saturated heterocycles.